The highest BCUT2D eigenvalue weighted by Crippen LogP contribution is 2.72. The fraction of sp³-hybridized carbons (Fsp3) is 0.931. The van der Waals surface area contributed by atoms with Gasteiger partial charge in [-0.25, -0.2) is 0 Å². The number of aliphatic hydroxyl groups excluding tert-OH is 5. The summed E-state index contributed by atoms with van der Waals surface area (Å²) in [5, 5.41) is 54.4. The zero-order valence-electron chi connectivity index (χ0n) is 21.9. The van der Waals surface area contributed by atoms with Crippen LogP contribution in [0.4, 0.5) is 0 Å². The maximum absolute atomic E-state index is 11.6. The Bertz CT molecular complexity index is 853. The first-order valence-electron chi connectivity index (χ1n) is 13.8. The molecule has 0 bridgehead atoms. The third-order valence-corrected chi connectivity index (χ3v) is 12.6. The molecule has 5 heteroatoms. The Balaban J connectivity index is 1.57. The van der Waals surface area contributed by atoms with Crippen LogP contribution >= 0.6 is 0 Å². The van der Waals surface area contributed by atoms with E-state index in [0.717, 1.165) is 44.9 Å². The van der Waals surface area contributed by atoms with Crippen LogP contribution in [0.2, 0.25) is 0 Å². The summed E-state index contributed by atoms with van der Waals surface area (Å²) < 4.78 is 0. The van der Waals surface area contributed by atoms with Gasteiger partial charge in [0.05, 0.1) is 24.9 Å². The Morgan fingerprint density at radius 1 is 0.794 bits per heavy atom. The minimum absolute atomic E-state index is 0.0183. The quantitative estimate of drug-likeness (QED) is 0.392. The fourth-order valence-corrected chi connectivity index (χ4v) is 10.5. The van der Waals surface area contributed by atoms with Crippen molar-refractivity contribution in [3.05, 3.63) is 11.6 Å². The van der Waals surface area contributed by atoms with E-state index in [2.05, 4.69) is 33.8 Å². The standard InChI is InChI=1S/C29H48O5/c1-25(2)12-13-29(16-31)11-8-18-17(22(29)24(25)34)6-7-20-26(18,3)10-9-21-27(20,4)14-19(32)23(33)28(21,5)15-30/h6,18-24,30-34H,7-16H2,1-5H3/t18?,19-,20?,21?,22?,23+,24+,26+,27-,28+,29+/m1/s1. The highest BCUT2D eigenvalue weighted by atomic mass is 16.3. The molecule has 5 aliphatic rings. The second kappa shape index (κ2) is 7.77. The summed E-state index contributed by atoms with van der Waals surface area (Å²) in [5.74, 6) is 0.915. The average molecular weight is 477 g/mol. The van der Waals surface area contributed by atoms with Gasteiger partial charge in [0.2, 0.25) is 0 Å². The van der Waals surface area contributed by atoms with Crippen molar-refractivity contribution in [3.63, 3.8) is 0 Å². The van der Waals surface area contributed by atoms with Crippen LogP contribution in [0.3, 0.4) is 0 Å². The molecule has 5 nitrogen and oxygen atoms in total. The molecule has 0 spiro atoms. The number of hydrogen-bond donors (Lipinski definition) is 5. The fourth-order valence-electron chi connectivity index (χ4n) is 10.5. The smallest absolute Gasteiger partial charge is 0.0877 e. The summed E-state index contributed by atoms with van der Waals surface area (Å²) in [5.41, 5.74) is 0.225. The zero-order valence-corrected chi connectivity index (χ0v) is 21.9. The van der Waals surface area contributed by atoms with Crippen molar-refractivity contribution in [2.75, 3.05) is 13.2 Å². The highest BCUT2D eigenvalue weighted by molar-refractivity contribution is 5.31. The normalized spacial score (nSPS) is 56.4. The molecule has 4 fully saturated rings. The Labute approximate surface area is 205 Å². The van der Waals surface area contributed by atoms with E-state index in [0.29, 0.717) is 18.3 Å². The third kappa shape index (κ3) is 3.03. The van der Waals surface area contributed by atoms with Crippen molar-refractivity contribution >= 4 is 0 Å². The average Bonchev–Trinajstić information content (AvgIpc) is 2.79. The largest absolute Gasteiger partial charge is 0.396 e. The monoisotopic (exact) mass is 476 g/mol. The number of rotatable bonds is 2. The SMILES string of the molecule is CC1(C)CC[C@]2(CO)CCC3C(=CCC4[C@@]3(C)CCC3[C@]4(C)C[C@@H](O)[C@H](O)[C@@]3(C)CO)C2[C@@H]1O. The van der Waals surface area contributed by atoms with Gasteiger partial charge in [-0.2, -0.15) is 0 Å². The van der Waals surface area contributed by atoms with Crippen molar-refractivity contribution in [3.8, 4) is 0 Å². The van der Waals surface area contributed by atoms with E-state index in [1.165, 1.54) is 5.57 Å². The lowest BCUT2D eigenvalue weighted by molar-refractivity contribution is -0.235. The number of aliphatic hydroxyl groups is 5. The Hall–Kier alpha value is -0.460. The summed E-state index contributed by atoms with van der Waals surface area (Å²) in [6, 6.07) is 0. The van der Waals surface area contributed by atoms with Crippen LogP contribution in [0.5, 0.6) is 0 Å². The predicted octanol–water partition coefficient (Wildman–Crippen LogP) is 3.67. The molecule has 4 unspecified atom stereocenters. The molecule has 34 heavy (non-hydrogen) atoms. The van der Waals surface area contributed by atoms with Gasteiger partial charge in [-0.05, 0) is 85.4 Å². The van der Waals surface area contributed by atoms with E-state index >= 15 is 0 Å². The van der Waals surface area contributed by atoms with Gasteiger partial charge in [-0.3, -0.25) is 0 Å². The van der Waals surface area contributed by atoms with Crippen LogP contribution in [-0.2, 0) is 0 Å². The predicted molar refractivity (Wildman–Crippen MR) is 132 cm³/mol. The maximum Gasteiger partial charge on any atom is 0.0877 e. The zero-order chi connectivity index (χ0) is 24.9. The topological polar surface area (TPSA) is 101 Å². The lowest BCUT2D eigenvalue weighted by atomic mass is 9.36. The molecule has 5 N–H and O–H groups in total. The van der Waals surface area contributed by atoms with Crippen molar-refractivity contribution in [1.29, 1.82) is 0 Å². The van der Waals surface area contributed by atoms with Crippen LogP contribution in [0.15, 0.2) is 11.6 Å². The first kappa shape index (κ1) is 25.2. The molecule has 4 saturated carbocycles. The van der Waals surface area contributed by atoms with E-state index in [9.17, 15) is 25.5 Å². The van der Waals surface area contributed by atoms with Gasteiger partial charge in [0, 0.05) is 23.4 Å². The molecule has 194 valence electrons. The van der Waals surface area contributed by atoms with Crippen molar-refractivity contribution in [1.82, 2.24) is 0 Å². The minimum Gasteiger partial charge on any atom is -0.396 e. The van der Waals surface area contributed by atoms with Crippen LogP contribution in [0.25, 0.3) is 0 Å². The molecular weight excluding hydrogens is 428 g/mol. The maximum atomic E-state index is 11.6. The molecule has 0 aromatic rings. The van der Waals surface area contributed by atoms with Gasteiger partial charge >= 0.3 is 0 Å². The number of allylic oxidation sites excluding steroid dienone is 1. The van der Waals surface area contributed by atoms with Gasteiger partial charge in [0.25, 0.3) is 0 Å². The summed E-state index contributed by atoms with van der Waals surface area (Å²) in [7, 11) is 0. The van der Waals surface area contributed by atoms with Crippen molar-refractivity contribution < 1.29 is 25.5 Å². The molecule has 5 rings (SSSR count). The summed E-state index contributed by atoms with van der Waals surface area (Å²) in [6.45, 7) is 11.1. The highest BCUT2D eigenvalue weighted by Gasteiger charge is 2.67. The van der Waals surface area contributed by atoms with Gasteiger partial charge in [-0.1, -0.05) is 46.3 Å². The molecule has 0 aromatic heterocycles. The lowest BCUT2D eigenvalue weighted by Gasteiger charge is -2.69. The van der Waals surface area contributed by atoms with Crippen molar-refractivity contribution in [2.45, 2.75) is 104 Å². The first-order chi connectivity index (χ1) is 15.8. The Morgan fingerprint density at radius 3 is 2.15 bits per heavy atom. The van der Waals surface area contributed by atoms with Crippen LogP contribution in [-0.4, -0.2) is 57.1 Å². The molecule has 0 aliphatic heterocycles. The molecule has 0 saturated heterocycles. The van der Waals surface area contributed by atoms with Crippen LogP contribution in [0, 0.1) is 50.7 Å². The number of fused-ring (bicyclic) bond motifs is 7. The molecule has 11 atom stereocenters. The Morgan fingerprint density at radius 2 is 1.50 bits per heavy atom. The second-order valence-electron chi connectivity index (χ2n) is 14.5. The molecule has 0 heterocycles. The molecule has 0 amide bonds. The van der Waals surface area contributed by atoms with E-state index < -0.39 is 23.7 Å². The van der Waals surface area contributed by atoms with Crippen molar-refractivity contribution in [2.24, 2.45) is 50.7 Å². The van der Waals surface area contributed by atoms with Gasteiger partial charge in [-0.15, -0.1) is 0 Å². The minimum atomic E-state index is -0.894. The molecule has 0 radical (unpaired) electrons. The summed E-state index contributed by atoms with van der Waals surface area (Å²) >= 11 is 0. The lowest BCUT2D eigenvalue weighted by Crippen LogP contribution is -2.66. The van der Waals surface area contributed by atoms with E-state index in [-0.39, 0.29) is 46.7 Å². The second-order valence-corrected chi connectivity index (χ2v) is 14.5. The Kier molecular flexibility index (Phi) is 5.76. The van der Waals surface area contributed by atoms with Gasteiger partial charge in [0.15, 0.2) is 0 Å². The van der Waals surface area contributed by atoms with E-state index in [1.54, 1.807) is 0 Å². The van der Waals surface area contributed by atoms with E-state index in [4.69, 9.17) is 0 Å². The van der Waals surface area contributed by atoms with Gasteiger partial charge in [0.1, 0.15) is 0 Å². The molecular formula is C29H48O5. The van der Waals surface area contributed by atoms with Crippen LogP contribution in [0.1, 0.15) is 86.0 Å². The first-order valence-corrected chi connectivity index (χ1v) is 13.8. The third-order valence-electron chi connectivity index (χ3n) is 12.6. The summed E-state index contributed by atoms with van der Waals surface area (Å²) in [6.07, 6.45) is 7.65. The summed E-state index contributed by atoms with van der Waals surface area (Å²) in [4.78, 5) is 0. The van der Waals surface area contributed by atoms with Gasteiger partial charge < -0.3 is 25.5 Å². The number of hydrogen-bond acceptors (Lipinski definition) is 5. The molecule has 0 aromatic carbocycles. The van der Waals surface area contributed by atoms with Crippen LogP contribution < -0.4 is 0 Å². The van der Waals surface area contributed by atoms with E-state index in [1.807, 2.05) is 6.92 Å². The molecule has 5 aliphatic carbocycles.